The second-order valence-electron chi connectivity index (χ2n) is 3.72. The Hall–Kier alpha value is -1.49. The molecule has 1 N–H and O–H groups in total. The summed E-state index contributed by atoms with van der Waals surface area (Å²) in [6, 6.07) is 3.03. The Morgan fingerprint density at radius 2 is 2.20 bits per heavy atom. The largest absolute Gasteiger partial charge is 0.317 e. The molecule has 0 aliphatic carbocycles. The third-order valence-electron chi connectivity index (χ3n) is 2.73. The van der Waals surface area contributed by atoms with Crippen molar-refractivity contribution >= 4 is 5.69 Å². The average Bonchev–Trinajstić information content (AvgIpc) is 2.30. The van der Waals surface area contributed by atoms with E-state index in [0.29, 0.717) is 5.92 Å². The molecule has 15 heavy (non-hydrogen) atoms. The van der Waals surface area contributed by atoms with Crippen LogP contribution in [0.3, 0.4) is 0 Å². The molecule has 0 unspecified atom stereocenters. The standard InChI is InChI=1S/C10H13N3O2/c14-13(15)9-3-6-12-10(7-9)8-1-4-11-5-2-8/h3,6-8,11H,1-2,4-5H2. The first-order valence-corrected chi connectivity index (χ1v) is 5.08. The molecule has 5 heteroatoms. The lowest BCUT2D eigenvalue weighted by Gasteiger charge is -2.21. The molecule has 0 amide bonds. The van der Waals surface area contributed by atoms with Gasteiger partial charge in [-0.25, -0.2) is 0 Å². The van der Waals surface area contributed by atoms with Crippen LogP contribution < -0.4 is 5.32 Å². The molecule has 80 valence electrons. The molecule has 1 aromatic heterocycles. The molecule has 0 spiro atoms. The van der Waals surface area contributed by atoms with Gasteiger partial charge in [-0.2, -0.15) is 0 Å². The molecule has 0 saturated carbocycles. The van der Waals surface area contributed by atoms with Crippen molar-refractivity contribution in [1.82, 2.24) is 10.3 Å². The van der Waals surface area contributed by atoms with Crippen LogP contribution in [0.15, 0.2) is 18.3 Å². The van der Waals surface area contributed by atoms with Gasteiger partial charge in [0.05, 0.1) is 10.6 Å². The fourth-order valence-electron chi connectivity index (χ4n) is 1.89. The Bertz CT molecular complexity index is 361. The van der Waals surface area contributed by atoms with Crippen LogP contribution in [0.2, 0.25) is 0 Å². The number of rotatable bonds is 2. The quantitative estimate of drug-likeness (QED) is 0.588. The third kappa shape index (κ3) is 2.30. The third-order valence-corrected chi connectivity index (χ3v) is 2.73. The molecule has 0 atom stereocenters. The van der Waals surface area contributed by atoms with Crippen LogP contribution in [0.1, 0.15) is 24.5 Å². The van der Waals surface area contributed by atoms with Crippen LogP contribution in [0, 0.1) is 10.1 Å². The summed E-state index contributed by atoms with van der Waals surface area (Å²) in [5, 5.41) is 13.9. The highest BCUT2D eigenvalue weighted by atomic mass is 16.6. The molecule has 0 radical (unpaired) electrons. The highest BCUT2D eigenvalue weighted by molar-refractivity contribution is 5.31. The van der Waals surface area contributed by atoms with Crippen molar-refractivity contribution in [3.8, 4) is 0 Å². The molecule has 1 aromatic rings. The number of hydrogen-bond acceptors (Lipinski definition) is 4. The SMILES string of the molecule is O=[N+]([O-])c1ccnc(C2CCNCC2)c1. The molecule has 0 aromatic carbocycles. The van der Waals surface area contributed by atoms with Crippen molar-refractivity contribution in [2.75, 3.05) is 13.1 Å². The van der Waals surface area contributed by atoms with E-state index in [1.54, 1.807) is 6.07 Å². The average molecular weight is 207 g/mol. The van der Waals surface area contributed by atoms with E-state index < -0.39 is 0 Å². The van der Waals surface area contributed by atoms with Crippen molar-refractivity contribution in [1.29, 1.82) is 0 Å². The summed E-state index contributed by atoms with van der Waals surface area (Å²) in [6.07, 6.45) is 3.54. The zero-order chi connectivity index (χ0) is 10.7. The van der Waals surface area contributed by atoms with Crippen molar-refractivity contribution < 1.29 is 4.92 Å². The van der Waals surface area contributed by atoms with Crippen LogP contribution >= 0.6 is 0 Å². The lowest BCUT2D eigenvalue weighted by atomic mass is 9.94. The van der Waals surface area contributed by atoms with E-state index in [-0.39, 0.29) is 10.6 Å². The van der Waals surface area contributed by atoms with Crippen LogP contribution in [-0.4, -0.2) is 23.0 Å². The summed E-state index contributed by atoms with van der Waals surface area (Å²) in [7, 11) is 0. The summed E-state index contributed by atoms with van der Waals surface area (Å²) < 4.78 is 0. The molecule has 2 heterocycles. The molecular formula is C10H13N3O2. The number of piperidine rings is 1. The number of hydrogen-bond donors (Lipinski definition) is 1. The molecule has 1 aliphatic rings. The van der Waals surface area contributed by atoms with Gasteiger partial charge in [-0.05, 0) is 25.9 Å². The first-order valence-electron chi connectivity index (χ1n) is 5.08. The fraction of sp³-hybridized carbons (Fsp3) is 0.500. The van der Waals surface area contributed by atoms with E-state index in [1.807, 2.05) is 0 Å². The van der Waals surface area contributed by atoms with Crippen molar-refractivity contribution in [3.05, 3.63) is 34.1 Å². The van der Waals surface area contributed by atoms with Gasteiger partial charge in [0.2, 0.25) is 0 Å². The molecule has 0 bridgehead atoms. The van der Waals surface area contributed by atoms with Crippen LogP contribution in [-0.2, 0) is 0 Å². The zero-order valence-corrected chi connectivity index (χ0v) is 8.35. The van der Waals surface area contributed by atoms with Crippen molar-refractivity contribution in [2.24, 2.45) is 0 Å². The molecule has 5 nitrogen and oxygen atoms in total. The molecule has 1 aliphatic heterocycles. The number of aromatic nitrogens is 1. The van der Waals surface area contributed by atoms with Crippen LogP contribution in [0.5, 0.6) is 0 Å². The van der Waals surface area contributed by atoms with Gasteiger partial charge in [-0.15, -0.1) is 0 Å². The minimum Gasteiger partial charge on any atom is -0.317 e. The maximum Gasteiger partial charge on any atom is 0.272 e. The minimum absolute atomic E-state index is 0.138. The first kappa shape index (κ1) is 10.0. The maximum atomic E-state index is 10.6. The van der Waals surface area contributed by atoms with Crippen LogP contribution in [0.4, 0.5) is 5.69 Å². The van der Waals surface area contributed by atoms with E-state index in [1.165, 1.54) is 12.3 Å². The Morgan fingerprint density at radius 3 is 2.87 bits per heavy atom. The lowest BCUT2D eigenvalue weighted by molar-refractivity contribution is -0.385. The highest BCUT2D eigenvalue weighted by Crippen LogP contribution is 2.25. The molecular weight excluding hydrogens is 194 g/mol. The maximum absolute atomic E-state index is 10.6. The molecule has 1 saturated heterocycles. The Kier molecular flexibility index (Phi) is 2.91. The van der Waals surface area contributed by atoms with E-state index in [9.17, 15) is 10.1 Å². The minimum atomic E-state index is -0.369. The van der Waals surface area contributed by atoms with E-state index >= 15 is 0 Å². The monoisotopic (exact) mass is 207 g/mol. The Balaban J connectivity index is 2.19. The van der Waals surface area contributed by atoms with Crippen LogP contribution in [0.25, 0.3) is 0 Å². The topological polar surface area (TPSA) is 68.1 Å². The highest BCUT2D eigenvalue weighted by Gasteiger charge is 2.18. The van der Waals surface area contributed by atoms with Gasteiger partial charge in [0, 0.05) is 24.2 Å². The van der Waals surface area contributed by atoms with Gasteiger partial charge >= 0.3 is 0 Å². The normalized spacial score (nSPS) is 17.6. The Labute approximate surface area is 87.7 Å². The smallest absolute Gasteiger partial charge is 0.272 e. The summed E-state index contributed by atoms with van der Waals surface area (Å²) in [5.41, 5.74) is 0.990. The molecule has 2 rings (SSSR count). The van der Waals surface area contributed by atoms with Gasteiger partial charge in [0.15, 0.2) is 0 Å². The van der Waals surface area contributed by atoms with Crippen molar-refractivity contribution in [2.45, 2.75) is 18.8 Å². The van der Waals surface area contributed by atoms with Gasteiger partial charge in [-0.1, -0.05) is 0 Å². The van der Waals surface area contributed by atoms with Gasteiger partial charge in [-0.3, -0.25) is 15.1 Å². The van der Waals surface area contributed by atoms with Gasteiger partial charge in [0.25, 0.3) is 5.69 Å². The predicted octanol–water partition coefficient (Wildman–Crippen LogP) is 1.46. The zero-order valence-electron chi connectivity index (χ0n) is 8.35. The van der Waals surface area contributed by atoms with E-state index in [2.05, 4.69) is 10.3 Å². The fourth-order valence-corrected chi connectivity index (χ4v) is 1.89. The second kappa shape index (κ2) is 4.35. The Morgan fingerprint density at radius 1 is 1.47 bits per heavy atom. The van der Waals surface area contributed by atoms with Gasteiger partial charge < -0.3 is 5.32 Å². The summed E-state index contributed by atoms with van der Waals surface area (Å²) >= 11 is 0. The number of nitrogens with one attached hydrogen (secondary N) is 1. The lowest BCUT2D eigenvalue weighted by Crippen LogP contribution is -2.27. The number of nitrogens with zero attached hydrogens (tertiary/aromatic N) is 2. The predicted molar refractivity (Wildman–Crippen MR) is 55.7 cm³/mol. The van der Waals surface area contributed by atoms with Crippen molar-refractivity contribution in [3.63, 3.8) is 0 Å². The number of nitro groups is 1. The summed E-state index contributed by atoms with van der Waals surface area (Å²) in [4.78, 5) is 14.4. The summed E-state index contributed by atoms with van der Waals surface area (Å²) in [6.45, 7) is 1.93. The molecule has 1 fully saturated rings. The van der Waals surface area contributed by atoms with E-state index in [4.69, 9.17) is 0 Å². The number of pyridine rings is 1. The first-order chi connectivity index (χ1) is 7.27. The van der Waals surface area contributed by atoms with E-state index in [0.717, 1.165) is 31.6 Å². The summed E-state index contributed by atoms with van der Waals surface area (Å²) in [5.74, 6) is 0.367. The van der Waals surface area contributed by atoms with Gasteiger partial charge in [0.1, 0.15) is 0 Å². The second-order valence-corrected chi connectivity index (χ2v) is 3.72.